The van der Waals surface area contributed by atoms with Crippen LogP contribution in [0, 0.1) is 0 Å². The van der Waals surface area contributed by atoms with Crippen molar-refractivity contribution in [2.24, 2.45) is 0 Å². The third-order valence-corrected chi connectivity index (χ3v) is 2.41. The molecule has 0 atom stereocenters. The minimum atomic E-state index is 0.706. The van der Waals surface area contributed by atoms with Crippen molar-refractivity contribution in [1.29, 1.82) is 0 Å². The minimum absolute atomic E-state index is 0.706. The topological polar surface area (TPSA) is 59.1 Å². The third kappa shape index (κ3) is 6.51. The van der Waals surface area contributed by atoms with Crippen LogP contribution in [0.1, 0.15) is 32.3 Å². The number of rotatable bonds is 10. The van der Waals surface area contributed by atoms with E-state index >= 15 is 0 Å². The highest BCUT2D eigenvalue weighted by Gasteiger charge is 1.96. The molecule has 0 aliphatic rings. The summed E-state index contributed by atoms with van der Waals surface area (Å²) in [7, 11) is 0. The molecule has 1 aromatic heterocycles. The fourth-order valence-electron chi connectivity index (χ4n) is 1.45. The quantitative estimate of drug-likeness (QED) is 0.622. The van der Waals surface area contributed by atoms with Gasteiger partial charge in [-0.1, -0.05) is 6.92 Å². The summed E-state index contributed by atoms with van der Waals surface area (Å²) >= 11 is 0. The maximum absolute atomic E-state index is 5.27. The van der Waals surface area contributed by atoms with E-state index in [-0.39, 0.29) is 0 Å². The highest BCUT2D eigenvalue weighted by molar-refractivity contribution is 5.24. The van der Waals surface area contributed by atoms with Gasteiger partial charge in [-0.05, 0) is 26.3 Å². The van der Waals surface area contributed by atoms with E-state index in [1.165, 1.54) is 0 Å². The van der Waals surface area contributed by atoms with Crippen LogP contribution in [-0.2, 0) is 11.3 Å². The van der Waals surface area contributed by atoms with Crippen LogP contribution >= 0.6 is 0 Å². The predicted molar refractivity (Wildman–Crippen MR) is 73.6 cm³/mol. The van der Waals surface area contributed by atoms with Crippen molar-refractivity contribution in [1.82, 2.24) is 15.3 Å². The molecule has 0 aliphatic carbocycles. The highest BCUT2D eigenvalue weighted by Crippen LogP contribution is 2.00. The van der Waals surface area contributed by atoms with Gasteiger partial charge in [-0.3, -0.25) is 0 Å². The van der Waals surface area contributed by atoms with E-state index in [9.17, 15) is 0 Å². The third-order valence-electron chi connectivity index (χ3n) is 2.41. The van der Waals surface area contributed by atoms with Crippen LogP contribution in [-0.4, -0.2) is 36.3 Å². The fraction of sp³-hybridized carbons (Fsp3) is 0.692. The zero-order valence-electron chi connectivity index (χ0n) is 11.4. The number of nitrogens with one attached hydrogen (secondary N) is 2. The van der Waals surface area contributed by atoms with E-state index in [4.69, 9.17) is 4.74 Å². The highest BCUT2D eigenvalue weighted by atomic mass is 16.5. The molecule has 5 nitrogen and oxygen atoms in total. The summed E-state index contributed by atoms with van der Waals surface area (Å²) in [6.45, 7) is 8.41. The molecule has 1 aromatic rings. The Morgan fingerprint density at radius 1 is 1.17 bits per heavy atom. The Morgan fingerprint density at radius 3 is 2.61 bits per heavy atom. The lowest BCUT2D eigenvalue weighted by atomic mass is 10.3. The van der Waals surface area contributed by atoms with Crippen LogP contribution < -0.4 is 10.6 Å². The normalized spacial score (nSPS) is 10.6. The van der Waals surface area contributed by atoms with Crippen molar-refractivity contribution in [2.45, 2.75) is 33.2 Å². The molecule has 2 N–H and O–H groups in total. The summed E-state index contributed by atoms with van der Waals surface area (Å²) in [5, 5.41) is 6.50. The van der Waals surface area contributed by atoms with Crippen LogP contribution in [0.15, 0.2) is 12.4 Å². The van der Waals surface area contributed by atoms with E-state index < -0.39 is 0 Å². The Balaban J connectivity index is 2.14. The van der Waals surface area contributed by atoms with Crippen molar-refractivity contribution in [2.75, 3.05) is 31.6 Å². The number of nitrogens with zero attached hydrogens (tertiary/aromatic N) is 2. The van der Waals surface area contributed by atoms with Crippen molar-refractivity contribution in [3.8, 4) is 0 Å². The molecule has 0 spiro atoms. The van der Waals surface area contributed by atoms with Crippen LogP contribution in [0.5, 0.6) is 0 Å². The van der Waals surface area contributed by atoms with Gasteiger partial charge in [0.2, 0.25) is 5.95 Å². The van der Waals surface area contributed by atoms with Crippen LogP contribution in [0.2, 0.25) is 0 Å². The predicted octanol–water partition coefficient (Wildman–Crippen LogP) is 1.81. The van der Waals surface area contributed by atoms with Crippen molar-refractivity contribution < 1.29 is 4.74 Å². The van der Waals surface area contributed by atoms with Gasteiger partial charge in [0.15, 0.2) is 0 Å². The van der Waals surface area contributed by atoms with E-state index in [0.29, 0.717) is 5.95 Å². The summed E-state index contributed by atoms with van der Waals surface area (Å²) in [5.74, 6) is 0.706. The molecule has 18 heavy (non-hydrogen) atoms. The first kappa shape index (κ1) is 14.9. The van der Waals surface area contributed by atoms with Gasteiger partial charge in [0.1, 0.15) is 0 Å². The molecule has 0 amide bonds. The molecule has 5 heteroatoms. The smallest absolute Gasteiger partial charge is 0.222 e. The standard InChI is InChI=1S/C13H24N4O/c1-3-6-15-13-16-10-12(11-17-13)9-14-7-5-8-18-4-2/h10-11,14H,3-9H2,1-2H3,(H,15,16,17). The first-order valence-electron chi connectivity index (χ1n) is 6.70. The molecule has 0 saturated carbocycles. The maximum atomic E-state index is 5.27. The Bertz CT molecular complexity index is 302. The Morgan fingerprint density at radius 2 is 1.94 bits per heavy atom. The number of ether oxygens (including phenoxy) is 1. The Hall–Kier alpha value is -1.20. The average Bonchev–Trinajstić information content (AvgIpc) is 2.42. The molecule has 0 aromatic carbocycles. The van der Waals surface area contributed by atoms with Gasteiger partial charge in [0, 0.05) is 44.3 Å². The summed E-state index contributed by atoms with van der Waals surface area (Å²) < 4.78 is 5.27. The SMILES string of the molecule is CCCNc1ncc(CNCCCOCC)cn1. The molecular weight excluding hydrogens is 228 g/mol. The monoisotopic (exact) mass is 252 g/mol. The summed E-state index contributed by atoms with van der Waals surface area (Å²) in [6, 6.07) is 0. The Labute approximate surface area is 109 Å². The van der Waals surface area contributed by atoms with Gasteiger partial charge in [-0.2, -0.15) is 0 Å². The molecular formula is C13H24N4O. The number of hydrogen-bond acceptors (Lipinski definition) is 5. The van der Waals surface area contributed by atoms with Gasteiger partial charge in [-0.25, -0.2) is 9.97 Å². The molecule has 0 radical (unpaired) electrons. The van der Waals surface area contributed by atoms with Crippen molar-refractivity contribution >= 4 is 5.95 Å². The van der Waals surface area contributed by atoms with Crippen LogP contribution in [0.4, 0.5) is 5.95 Å². The van der Waals surface area contributed by atoms with Crippen LogP contribution in [0.25, 0.3) is 0 Å². The van der Waals surface area contributed by atoms with E-state index in [1.54, 1.807) is 0 Å². The Kier molecular flexibility index (Phi) is 8.08. The van der Waals surface area contributed by atoms with Gasteiger partial charge < -0.3 is 15.4 Å². The number of aromatic nitrogens is 2. The lowest BCUT2D eigenvalue weighted by molar-refractivity contribution is 0.144. The first-order valence-corrected chi connectivity index (χ1v) is 6.70. The van der Waals surface area contributed by atoms with Crippen molar-refractivity contribution in [3.05, 3.63) is 18.0 Å². The molecule has 0 bridgehead atoms. The zero-order chi connectivity index (χ0) is 13.1. The minimum Gasteiger partial charge on any atom is -0.382 e. The molecule has 0 unspecified atom stereocenters. The molecule has 0 aliphatic heterocycles. The van der Waals surface area contributed by atoms with E-state index in [0.717, 1.165) is 51.3 Å². The largest absolute Gasteiger partial charge is 0.382 e. The number of anilines is 1. The summed E-state index contributed by atoms with van der Waals surface area (Å²) in [4.78, 5) is 8.52. The van der Waals surface area contributed by atoms with E-state index in [1.807, 2.05) is 19.3 Å². The molecule has 102 valence electrons. The molecule has 0 fully saturated rings. The fourth-order valence-corrected chi connectivity index (χ4v) is 1.45. The second kappa shape index (κ2) is 9.79. The number of hydrogen-bond donors (Lipinski definition) is 2. The lowest BCUT2D eigenvalue weighted by Gasteiger charge is -2.06. The molecule has 1 rings (SSSR count). The second-order valence-corrected chi connectivity index (χ2v) is 4.07. The maximum Gasteiger partial charge on any atom is 0.222 e. The van der Waals surface area contributed by atoms with Gasteiger partial charge in [0.25, 0.3) is 0 Å². The average molecular weight is 252 g/mol. The lowest BCUT2D eigenvalue weighted by Crippen LogP contribution is -2.17. The van der Waals surface area contributed by atoms with Crippen LogP contribution in [0.3, 0.4) is 0 Å². The summed E-state index contributed by atoms with van der Waals surface area (Å²) in [6.07, 6.45) is 5.83. The van der Waals surface area contributed by atoms with Gasteiger partial charge in [-0.15, -0.1) is 0 Å². The van der Waals surface area contributed by atoms with Gasteiger partial charge in [0.05, 0.1) is 0 Å². The second-order valence-electron chi connectivity index (χ2n) is 4.07. The van der Waals surface area contributed by atoms with Gasteiger partial charge >= 0.3 is 0 Å². The summed E-state index contributed by atoms with van der Waals surface area (Å²) in [5.41, 5.74) is 1.11. The zero-order valence-corrected chi connectivity index (χ0v) is 11.4. The van der Waals surface area contributed by atoms with Crippen molar-refractivity contribution in [3.63, 3.8) is 0 Å². The van der Waals surface area contributed by atoms with E-state index in [2.05, 4.69) is 27.5 Å². The molecule has 1 heterocycles. The molecule has 0 saturated heterocycles. The first-order chi connectivity index (χ1) is 8.86.